The first-order valence-corrected chi connectivity index (χ1v) is 8.19. The maximum absolute atomic E-state index is 12.5. The van der Waals surface area contributed by atoms with Crippen LogP contribution in [-0.2, 0) is 4.79 Å². The van der Waals surface area contributed by atoms with Crippen molar-refractivity contribution in [1.82, 2.24) is 0 Å². The number of benzene rings is 1. The third-order valence-corrected chi connectivity index (χ3v) is 6.53. The molecular formula is C16H18OSe. The molecule has 2 rings (SSSR count). The molecule has 0 spiro atoms. The summed E-state index contributed by atoms with van der Waals surface area (Å²) >= 11 is 0.155. The minimum absolute atomic E-state index is 0.155. The Balaban J connectivity index is 2.25. The summed E-state index contributed by atoms with van der Waals surface area (Å²) < 4.78 is 1.05. The van der Waals surface area contributed by atoms with E-state index in [0.29, 0.717) is 12.2 Å². The molecule has 18 heavy (non-hydrogen) atoms. The Morgan fingerprint density at radius 3 is 2.72 bits per heavy atom. The fraction of sp³-hybridized carbons (Fsp3) is 0.438. The van der Waals surface area contributed by atoms with E-state index in [1.807, 2.05) is 18.2 Å². The van der Waals surface area contributed by atoms with Gasteiger partial charge in [0, 0.05) is 0 Å². The molecule has 2 heteroatoms. The van der Waals surface area contributed by atoms with E-state index in [1.165, 1.54) is 10.9 Å². The molecule has 1 unspecified atom stereocenters. The summed E-state index contributed by atoms with van der Waals surface area (Å²) in [5.74, 6) is 3.16. The normalized spacial score (nSPS) is 24.3. The summed E-state index contributed by atoms with van der Waals surface area (Å²) in [6.45, 7) is 0. The third-order valence-electron chi connectivity index (χ3n) is 3.44. The van der Waals surface area contributed by atoms with Crippen LogP contribution in [0.15, 0.2) is 30.3 Å². The Kier molecular flexibility index (Phi) is 4.64. The van der Waals surface area contributed by atoms with Gasteiger partial charge in [-0.05, 0) is 0 Å². The van der Waals surface area contributed by atoms with Crippen LogP contribution in [0.25, 0.3) is 0 Å². The Morgan fingerprint density at radius 2 is 2.00 bits per heavy atom. The average Bonchev–Trinajstić information content (AvgIpc) is 2.55. The average molecular weight is 305 g/mol. The summed E-state index contributed by atoms with van der Waals surface area (Å²) in [4.78, 5) is 12.5. The summed E-state index contributed by atoms with van der Waals surface area (Å²) in [6, 6.07) is 10.3. The summed E-state index contributed by atoms with van der Waals surface area (Å²) in [5, 5.41) is 0. The number of terminal acetylenes is 1. The van der Waals surface area contributed by atoms with Crippen molar-refractivity contribution in [1.29, 1.82) is 0 Å². The van der Waals surface area contributed by atoms with Crippen LogP contribution in [-0.4, -0.2) is 20.7 Å². The van der Waals surface area contributed by atoms with Gasteiger partial charge in [-0.3, -0.25) is 0 Å². The molecule has 0 bridgehead atoms. The molecule has 0 amide bonds. The number of rotatable bonds is 3. The molecule has 0 saturated heterocycles. The van der Waals surface area contributed by atoms with E-state index in [-0.39, 0.29) is 19.3 Å². The van der Waals surface area contributed by atoms with Gasteiger partial charge in [-0.1, -0.05) is 0 Å². The van der Waals surface area contributed by atoms with Crippen LogP contribution in [0, 0.1) is 12.3 Å². The molecule has 94 valence electrons. The number of carbonyl (C=O) groups excluding carboxylic acids is 1. The monoisotopic (exact) mass is 306 g/mol. The predicted octanol–water partition coefficient (Wildman–Crippen LogP) is 2.73. The molecule has 1 nitrogen and oxygen atoms in total. The number of Topliss-reactive ketones (excluding diaryl/α,β-unsaturated/α-hetero) is 1. The summed E-state index contributed by atoms with van der Waals surface area (Å²) in [7, 11) is 0. The van der Waals surface area contributed by atoms with Crippen molar-refractivity contribution < 1.29 is 4.79 Å². The molecule has 0 aliphatic heterocycles. The van der Waals surface area contributed by atoms with Crippen molar-refractivity contribution in [3.8, 4) is 12.3 Å². The van der Waals surface area contributed by atoms with Gasteiger partial charge in [0.05, 0.1) is 0 Å². The first-order valence-electron chi connectivity index (χ1n) is 6.48. The van der Waals surface area contributed by atoms with Crippen molar-refractivity contribution >= 4 is 25.2 Å². The topological polar surface area (TPSA) is 17.1 Å². The van der Waals surface area contributed by atoms with Crippen LogP contribution >= 0.6 is 0 Å². The Bertz CT molecular complexity index is 446. The van der Waals surface area contributed by atoms with Crippen LogP contribution in [0.1, 0.15) is 38.5 Å². The zero-order valence-corrected chi connectivity index (χ0v) is 12.2. The van der Waals surface area contributed by atoms with Gasteiger partial charge in [0.15, 0.2) is 0 Å². The van der Waals surface area contributed by atoms with E-state index in [4.69, 9.17) is 6.42 Å². The summed E-state index contributed by atoms with van der Waals surface area (Å²) in [6.07, 6.45) is 11.2. The molecule has 1 atom stereocenters. The Morgan fingerprint density at radius 1 is 1.22 bits per heavy atom. The number of hydrogen-bond acceptors (Lipinski definition) is 1. The van der Waals surface area contributed by atoms with Gasteiger partial charge in [0.25, 0.3) is 0 Å². The van der Waals surface area contributed by atoms with Gasteiger partial charge in [0.2, 0.25) is 0 Å². The Hall–Kier alpha value is -1.03. The van der Waals surface area contributed by atoms with E-state index in [1.54, 1.807) is 0 Å². The van der Waals surface area contributed by atoms with Crippen LogP contribution < -0.4 is 4.46 Å². The molecule has 0 radical (unpaired) electrons. The molecule has 1 aliphatic rings. The Labute approximate surface area is 116 Å². The van der Waals surface area contributed by atoms with Crippen LogP contribution in [0.5, 0.6) is 0 Å². The molecule has 0 N–H and O–H groups in total. The van der Waals surface area contributed by atoms with Crippen molar-refractivity contribution in [2.24, 2.45) is 0 Å². The predicted molar refractivity (Wildman–Crippen MR) is 76.1 cm³/mol. The van der Waals surface area contributed by atoms with E-state index < -0.39 is 0 Å². The number of hydrogen-bond donors (Lipinski definition) is 0. The minimum atomic E-state index is -0.237. The number of ketones is 1. The first kappa shape index (κ1) is 13.4. The van der Waals surface area contributed by atoms with Crippen LogP contribution in [0.2, 0.25) is 4.31 Å². The fourth-order valence-corrected chi connectivity index (χ4v) is 5.31. The zero-order chi connectivity index (χ0) is 12.8. The van der Waals surface area contributed by atoms with Crippen LogP contribution in [0.3, 0.4) is 0 Å². The molecule has 1 fully saturated rings. The SMILES string of the molecule is C#CCC1([Se]c2ccccc2)CCCCCC1=O. The molecule has 1 saturated carbocycles. The third kappa shape index (κ3) is 3.05. The van der Waals surface area contributed by atoms with E-state index >= 15 is 0 Å². The zero-order valence-electron chi connectivity index (χ0n) is 10.5. The van der Waals surface area contributed by atoms with E-state index in [9.17, 15) is 4.79 Å². The number of carbonyl (C=O) groups is 1. The van der Waals surface area contributed by atoms with Gasteiger partial charge >= 0.3 is 116 Å². The van der Waals surface area contributed by atoms with Crippen LogP contribution in [0.4, 0.5) is 0 Å². The molecule has 1 aromatic rings. The summed E-state index contributed by atoms with van der Waals surface area (Å²) in [5.41, 5.74) is 0. The van der Waals surface area contributed by atoms with Gasteiger partial charge in [-0.15, -0.1) is 0 Å². The van der Waals surface area contributed by atoms with Gasteiger partial charge < -0.3 is 0 Å². The molecule has 1 aliphatic carbocycles. The first-order chi connectivity index (χ1) is 8.77. The van der Waals surface area contributed by atoms with Gasteiger partial charge in [0.1, 0.15) is 0 Å². The van der Waals surface area contributed by atoms with Crippen molar-refractivity contribution in [3.63, 3.8) is 0 Å². The van der Waals surface area contributed by atoms with Crippen molar-refractivity contribution in [3.05, 3.63) is 30.3 Å². The molecular weight excluding hydrogens is 287 g/mol. The quantitative estimate of drug-likeness (QED) is 0.477. The van der Waals surface area contributed by atoms with Gasteiger partial charge in [-0.25, -0.2) is 0 Å². The second-order valence-corrected chi connectivity index (χ2v) is 7.83. The fourth-order valence-electron chi connectivity index (χ4n) is 2.45. The van der Waals surface area contributed by atoms with Crippen molar-refractivity contribution in [2.45, 2.75) is 42.8 Å². The second-order valence-electron chi connectivity index (χ2n) is 4.77. The maximum atomic E-state index is 12.5. The molecule has 1 aromatic carbocycles. The molecule has 0 aromatic heterocycles. The van der Waals surface area contributed by atoms with Crippen molar-refractivity contribution in [2.75, 3.05) is 0 Å². The van der Waals surface area contributed by atoms with Gasteiger partial charge in [-0.2, -0.15) is 0 Å². The standard InChI is InChI=1S/C16H18OSe/c1-2-12-16(13-8-4-7-11-15(16)17)18-14-9-5-3-6-10-14/h1,3,5-6,9-10H,4,7-8,11-13H2. The van der Waals surface area contributed by atoms with E-state index in [2.05, 4.69) is 18.1 Å². The molecule has 0 heterocycles. The van der Waals surface area contributed by atoms with E-state index in [0.717, 1.165) is 25.7 Å². The second kappa shape index (κ2) is 6.23.